The minimum absolute atomic E-state index is 0.0396. The van der Waals surface area contributed by atoms with Crippen molar-refractivity contribution in [3.8, 4) is 5.75 Å². The van der Waals surface area contributed by atoms with Gasteiger partial charge < -0.3 is 14.5 Å². The van der Waals surface area contributed by atoms with Crippen LogP contribution in [-0.2, 0) is 11.3 Å². The van der Waals surface area contributed by atoms with Gasteiger partial charge in [0, 0.05) is 50.9 Å². The van der Waals surface area contributed by atoms with Crippen LogP contribution >= 0.6 is 11.6 Å². The molecule has 1 saturated heterocycles. The smallest absolute Gasteiger partial charge is 0.254 e. The van der Waals surface area contributed by atoms with Crippen molar-refractivity contribution in [3.05, 3.63) is 47.2 Å². The van der Waals surface area contributed by atoms with E-state index in [2.05, 4.69) is 5.10 Å². The van der Waals surface area contributed by atoms with Crippen molar-refractivity contribution in [1.29, 1.82) is 0 Å². The Balaban J connectivity index is 1.50. The molecule has 0 bridgehead atoms. The predicted molar refractivity (Wildman–Crippen MR) is 97.3 cm³/mol. The largest absolute Gasteiger partial charge is 0.497 e. The molecule has 1 fully saturated rings. The number of methoxy groups -OCH3 is 1. The van der Waals surface area contributed by atoms with Gasteiger partial charge in [-0.3, -0.25) is 14.3 Å². The molecule has 7 nitrogen and oxygen atoms in total. The highest BCUT2D eigenvalue weighted by molar-refractivity contribution is 6.30. The minimum atomic E-state index is -0.0396. The van der Waals surface area contributed by atoms with E-state index < -0.39 is 0 Å². The van der Waals surface area contributed by atoms with Crippen LogP contribution in [0.1, 0.15) is 16.8 Å². The number of carbonyl (C=O) groups is 2. The Kier molecular flexibility index (Phi) is 5.78. The van der Waals surface area contributed by atoms with Crippen molar-refractivity contribution in [2.24, 2.45) is 0 Å². The normalized spacial score (nSPS) is 14.4. The van der Waals surface area contributed by atoms with Gasteiger partial charge in [0.15, 0.2) is 0 Å². The van der Waals surface area contributed by atoms with E-state index in [-0.39, 0.29) is 11.8 Å². The van der Waals surface area contributed by atoms with E-state index in [1.807, 2.05) is 0 Å². The van der Waals surface area contributed by atoms with Gasteiger partial charge in [-0.15, -0.1) is 0 Å². The first-order chi connectivity index (χ1) is 12.6. The summed E-state index contributed by atoms with van der Waals surface area (Å²) in [6.07, 6.45) is 3.61. The Morgan fingerprint density at radius 2 is 1.92 bits per heavy atom. The van der Waals surface area contributed by atoms with Crippen LogP contribution < -0.4 is 4.74 Å². The van der Waals surface area contributed by atoms with Gasteiger partial charge in [0.25, 0.3) is 5.91 Å². The van der Waals surface area contributed by atoms with Crippen LogP contribution in [0.15, 0.2) is 36.7 Å². The fraction of sp³-hybridized carbons (Fsp3) is 0.389. The van der Waals surface area contributed by atoms with Crippen LogP contribution in [0.3, 0.4) is 0 Å². The molecular formula is C18H21ClN4O3. The van der Waals surface area contributed by atoms with E-state index in [1.165, 1.54) is 0 Å². The second-order valence-electron chi connectivity index (χ2n) is 6.08. The number of carbonyl (C=O) groups excluding carboxylic acids is 2. The molecule has 2 aromatic rings. The van der Waals surface area contributed by atoms with Gasteiger partial charge in [-0.2, -0.15) is 5.10 Å². The lowest BCUT2D eigenvalue weighted by atomic mass is 10.1. The summed E-state index contributed by atoms with van der Waals surface area (Å²) in [4.78, 5) is 28.5. The van der Waals surface area contributed by atoms with Crippen molar-refractivity contribution in [2.75, 3.05) is 33.3 Å². The van der Waals surface area contributed by atoms with Crippen molar-refractivity contribution in [2.45, 2.75) is 13.0 Å². The highest BCUT2D eigenvalue weighted by atomic mass is 35.5. The third kappa shape index (κ3) is 4.35. The number of aromatic nitrogens is 2. The minimum Gasteiger partial charge on any atom is -0.497 e. The fourth-order valence-corrected chi connectivity index (χ4v) is 3.08. The summed E-state index contributed by atoms with van der Waals surface area (Å²) in [5.74, 6) is 0.677. The lowest BCUT2D eigenvalue weighted by Crippen LogP contribution is -2.50. The summed E-state index contributed by atoms with van der Waals surface area (Å²) >= 11 is 5.82. The van der Waals surface area contributed by atoms with Crippen molar-refractivity contribution >= 4 is 23.4 Å². The molecule has 1 aliphatic rings. The number of ether oxygens (including phenoxy) is 1. The zero-order valence-corrected chi connectivity index (χ0v) is 15.4. The summed E-state index contributed by atoms with van der Waals surface area (Å²) in [5.41, 5.74) is 0.597. The topological polar surface area (TPSA) is 67.7 Å². The maximum absolute atomic E-state index is 12.6. The Morgan fingerprint density at radius 1 is 1.19 bits per heavy atom. The average molecular weight is 377 g/mol. The zero-order chi connectivity index (χ0) is 18.5. The van der Waals surface area contributed by atoms with Gasteiger partial charge in [0.1, 0.15) is 5.75 Å². The number of hydrogen-bond acceptors (Lipinski definition) is 4. The molecule has 0 atom stereocenters. The van der Waals surface area contributed by atoms with Crippen LogP contribution in [0.4, 0.5) is 0 Å². The van der Waals surface area contributed by atoms with Gasteiger partial charge in [-0.1, -0.05) is 17.7 Å². The molecule has 1 aliphatic heterocycles. The lowest BCUT2D eigenvalue weighted by Gasteiger charge is -2.35. The zero-order valence-electron chi connectivity index (χ0n) is 14.6. The fourth-order valence-electron chi connectivity index (χ4n) is 2.93. The molecule has 1 aromatic heterocycles. The Morgan fingerprint density at radius 3 is 2.58 bits per heavy atom. The number of aryl methyl sites for hydroxylation is 1. The number of halogens is 1. The van der Waals surface area contributed by atoms with Crippen LogP contribution in [-0.4, -0.2) is 64.7 Å². The second-order valence-corrected chi connectivity index (χ2v) is 6.51. The number of piperazine rings is 1. The van der Waals surface area contributed by atoms with Crippen LogP contribution in [0.2, 0.25) is 5.02 Å². The van der Waals surface area contributed by atoms with Crippen molar-refractivity contribution in [3.63, 3.8) is 0 Å². The summed E-state index contributed by atoms with van der Waals surface area (Å²) in [6, 6.07) is 7.11. The first-order valence-electron chi connectivity index (χ1n) is 8.46. The third-order valence-electron chi connectivity index (χ3n) is 4.39. The highest BCUT2D eigenvalue weighted by Gasteiger charge is 2.24. The maximum Gasteiger partial charge on any atom is 0.254 e. The monoisotopic (exact) mass is 376 g/mol. The highest BCUT2D eigenvalue weighted by Crippen LogP contribution is 2.16. The lowest BCUT2D eigenvalue weighted by molar-refractivity contribution is -0.132. The molecule has 3 rings (SSSR count). The van der Waals surface area contributed by atoms with Gasteiger partial charge in [0.2, 0.25) is 5.91 Å². The van der Waals surface area contributed by atoms with E-state index in [1.54, 1.807) is 58.3 Å². The number of hydrogen-bond donors (Lipinski definition) is 0. The molecule has 2 amide bonds. The Labute approximate surface area is 157 Å². The van der Waals surface area contributed by atoms with Crippen molar-refractivity contribution < 1.29 is 14.3 Å². The molecule has 26 heavy (non-hydrogen) atoms. The number of benzene rings is 1. The molecule has 0 unspecified atom stereocenters. The van der Waals surface area contributed by atoms with Crippen LogP contribution in [0, 0.1) is 0 Å². The second kappa shape index (κ2) is 8.23. The third-order valence-corrected chi connectivity index (χ3v) is 4.59. The van der Waals surface area contributed by atoms with E-state index in [0.717, 1.165) is 0 Å². The number of amides is 2. The molecule has 0 saturated carbocycles. The first-order valence-corrected chi connectivity index (χ1v) is 8.83. The predicted octanol–water partition coefficient (Wildman–Crippen LogP) is 1.92. The quantitative estimate of drug-likeness (QED) is 0.799. The van der Waals surface area contributed by atoms with Crippen molar-refractivity contribution in [1.82, 2.24) is 19.6 Å². The summed E-state index contributed by atoms with van der Waals surface area (Å²) in [5, 5.41) is 4.62. The standard InChI is InChI=1S/C18H21ClN4O3/c1-26-16-4-2-3-14(11-16)18(25)22-9-7-21(8-10-22)17(24)5-6-23-13-15(19)12-20-23/h2-4,11-13H,5-10H2,1H3. The van der Waals surface area contributed by atoms with E-state index in [4.69, 9.17) is 16.3 Å². The molecule has 8 heteroatoms. The van der Waals surface area contributed by atoms with Gasteiger partial charge in [-0.25, -0.2) is 0 Å². The molecule has 0 aliphatic carbocycles. The summed E-state index contributed by atoms with van der Waals surface area (Å²) in [7, 11) is 1.57. The van der Waals surface area contributed by atoms with Gasteiger partial charge >= 0.3 is 0 Å². The van der Waals surface area contributed by atoms with Crippen LogP contribution in [0.5, 0.6) is 5.75 Å². The Hall–Kier alpha value is -2.54. The molecule has 1 aromatic carbocycles. The summed E-state index contributed by atoms with van der Waals surface area (Å²) < 4.78 is 6.82. The molecular weight excluding hydrogens is 356 g/mol. The molecule has 138 valence electrons. The SMILES string of the molecule is COc1cccc(C(=O)N2CCN(C(=O)CCn3cc(Cl)cn3)CC2)c1. The first kappa shape index (κ1) is 18.3. The number of rotatable bonds is 5. The molecule has 2 heterocycles. The molecule has 0 N–H and O–H groups in total. The molecule has 0 spiro atoms. The van der Waals surface area contributed by atoms with Gasteiger partial charge in [-0.05, 0) is 18.2 Å². The Bertz CT molecular complexity index is 784. The summed E-state index contributed by atoms with van der Waals surface area (Å²) in [6.45, 7) is 2.61. The van der Waals surface area contributed by atoms with E-state index >= 15 is 0 Å². The van der Waals surface area contributed by atoms with Gasteiger partial charge in [0.05, 0.1) is 18.3 Å². The number of nitrogens with zero attached hydrogens (tertiary/aromatic N) is 4. The average Bonchev–Trinajstić information content (AvgIpc) is 3.11. The molecule has 0 radical (unpaired) electrons. The maximum atomic E-state index is 12.6. The van der Waals surface area contributed by atoms with Crippen LogP contribution in [0.25, 0.3) is 0 Å². The van der Waals surface area contributed by atoms with E-state index in [9.17, 15) is 9.59 Å². The van der Waals surface area contributed by atoms with E-state index in [0.29, 0.717) is 55.5 Å².